The van der Waals surface area contributed by atoms with Gasteiger partial charge in [0.25, 0.3) is 0 Å². The second kappa shape index (κ2) is 9.43. The fourth-order valence-corrected chi connectivity index (χ4v) is 5.68. The SMILES string of the molecule is CCN(CC)C(=O)C[C@@H]1CC2(CCN(C(=O)Cc3cccs3)CC2)Oc2ccccc21. The molecule has 166 valence electrons. The molecular weight excluding hydrogens is 408 g/mol. The molecule has 2 aromatic rings. The first-order valence-electron chi connectivity index (χ1n) is 11.4. The van der Waals surface area contributed by atoms with Gasteiger partial charge in [0.1, 0.15) is 11.4 Å². The van der Waals surface area contributed by atoms with Crippen LogP contribution in [0.25, 0.3) is 0 Å². The molecule has 0 saturated carbocycles. The van der Waals surface area contributed by atoms with E-state index in [2.05, 4.69) is 6.07 Å². The van der Waals surface area contributed by atoms with Gasteiger partial charge < -0.3 is 14.5 Å². The summed E-state index contributed by atoms with van der Waals surface area (Å²) in [6.45, 7) is 6.97. The van der Waals surface area contributed by atoms with E-state index >= 15 is 0 Å². The predicted molar refractivity (Wildman–Crippen MR) is 124 cm³/mol. The third-order valence-corrected chi connectivity index (χ3v) is 7.65. The van der Waals surface area contributed by atoms with Crippen LogP contribution in [-0.2, 0) is 16.0 Å². The molecule has 0 radical (unpaired) electrons. The van der Waals surface area contributed by atoms with Crippen molar-refractivity contribution in [1.82, 2.24) is 9.80 Å². The zero-order chi connectivity index (χ0) is 21.8. The van der Waals surface area contributed by atoms with Gasteiger partial charge in [-0.1, -0.05) is 24.3 Å². The van der Waals surface area contributed by atoms with Crippen molar-refractivity contribution in [2.75, 3.05) is 26.2 Å². The number of rotatable bonds is 6. The highest BCUT2D eigenvalue weighted by Crippen LogP contribution is 2.46. The number of carbonyl (C=O) groups excluding carboxylic acids is 2. The van der Waals surface area contributed by atoms with E-state index < -0.39 is 0 Å². The Morgan fingerprint density at radius 2 is 1.87 bits per heavy atom. The molecule has 1 spiro atoms. The Morgan fingerprint density at radius 1 is 1.13 bits per heavy atom. The van der Waals surface area contributed by atoms with E-state index in [1.165, 1.54) is 0 Å². The molecule has 1 fully saturated rings. The van der Waals surface area contributed by atoms with Gasteiger partial charge in [-0.25, -0.2) is 0 Å². The van der Waals surface area contributed by atoms with Crippen molar-refractivity contribution < 1.29 is 14.3 Å². The lowest BCUT2D eigenvalue weighted by molar-refractivity contribution is -0.134. The fourth-order valence-electron chi connectivity index (χ4n) is 4.99. The van der Waals surface area contributed by atoms with Crippen LogP contribution in [0.15, 0.2) is 41.8 Å². The minimum atomic E-state index is -0.289. The van der Waals surface area contributed by atoms with Gasteiger partial charge in [0.05, 0.1) is 6.42 Å². The van der Waals surface area contributed by atoms with Crippen molar-refractivity contribution in [2.24, 2.45) is 0 Å². The molecule has 5 nitrogen and oxygen atoms in total. The number of para-hydroxylation sites is 1. The van der Waals surface area contributed by atoms with Crippen LogP contribution in [0.4, 0.5) is 0 Å². The normalized spacial score (nSPS) is 19.5. The summed E-state index contributed by atoms with van der Waals surface area (Å²) in [6.07, 6.45) is 3.46. The van der Waals surface area contributed by atoms with E-state index in [0.717, 1.165) is 48.5 Å². The standard InChI is InChI=1S/C25H32N2O3S/c1-3-26(4-2)23(28)16-19-18-25(30-22-10-6-5-9-21(19)22)11-13-27(14-12-25)24(29)17-20-8-7-15-31-20/h5-10,15,19H,3-4,11-14,16-18H2,1-2H3/t19-/m1/s1. The monoisotopic (exact) mass is 440 g/mol. The van der Waals surface area contributed by atoms with Gasteiger partial charge in [-0.3, -0.25) is 9.59 Å². The van der Waals surface area contributed by atoms with Crippen LogP contribution >= 0.6 is 11.3 Å². The number of ether oxygens (including phenoxy) is 1. The van der Waals surface area contributed by atoms with Crippen molar-refractivity contribution in [2.45, 2.75) is 57.5 Å². The molecule has 3 heterocycles. The first-order valence-corrected chi connectivity index (χ1v) is 12.3. The smallest absolute Gasteiger partial charge is 0.227 e. The molecule has 2 aliphatic heterocycles. The largest absolute Gasteiger partial charge is 0.487 e. The highest BCUT2D eigenvalue weighted by Gasteiger charge is 2.44. The summed E-state index contributed by atoms with van der Waals surface area (Å²) in [6, 6.07) is 12.2. The lowest BCUT2D eigenvalue weighted by Crippen LogP contribution is -2.52. The Bertz CT molecular complexity index is 899. The number of hydrogen-bond donors (Lipinski definition) is 0. The van der Waals surface area contributed by atoms with Crippen molar-refractivity contribution >= 4 is 23.2 Å². The van der Waals surface area contributed by atoms with Crippen LogP contribution in [0, 0.1) is 0 Å². The molecule has 4 rings (SSSR count). The molecule has 1 saturated heterocycles. The van der Waals surface area contributed by atoms with E-state index in [1.807, 2.05) is 59.4 Å². The molecule has 0 unspecified atom stereocenters. The lowest BCUT2D eigenvalue weighted by atomic mass is 9.76. The molecule has 1 aromatic carbocycles. The van der Waals surface area contributed by atoms with Gasteiger partial charge in [0.2, 0.25) is 11.8 Å². The van der Waals surface area contributed by atoms with Crippen LogP contribution in [0.3, 0.4) is 0 Å². The summed E-state index contributed by atoms with van der Waals surface area (Å²) in [5.41, 5.74) is 0.854. The average Bonchev–Trinajstić information content (AvgIpc) is 3.28. The second-order valence-electron chi connectivity index (χ2n) is 8.63. The highest BCUT2D eigenvalue weighted by atomic mass is 32.1. The van der Waals surface area contributed by atoms with Gasteiger partial charge in [-0.05, 0) is 43.3 Å². The maximum absolute atomic E-state index is 12.9. The zero-order valence-electron chi connectivity index (χ0n) is 18.5. The number of thiophene rings is 1. The van der Waals surface area contributed by atoms with Crippen molar-refractivity contribution in [1.29, 1.82) is 0 Å². The fraction of sp³-hybridized carbons (Fsp3) is 0.520. The number of fused-ring (bicyclic) bond motifs is 1. The maximum atomic E-state index is 12.9. The number of amides is 2. The molecule has 6 heteroatoms. The number of carbonyl (C=O) groups is 2. The first-order chi connectivity index (χ1) is 15.0. The Labute approximate surface area is 189 Å². The Kier molecular flexibility index (Phi) is 6.65. The molecule has 2 amide bonds. The molecular formula is C25H32N2O3S. The van der Waals surface area contributed by atoms with Crippen molar-refractivity contribution in [3.05, 3.63) is 52.2 Å². The van der Waals surface area contributed by atoms with E-state index in [4.69, 9.17) is 4.74 Å². The third-order valence-electron chi connectivity index (χ3n) is 6.77. The lowest BCUT2D eigenvalue weighted by Gasteiger charge is -2.47. The summed E-state index contributed by atoms with van der Waals surface area (Å²) in [7, 11) is 0. The third kappa shape index (κ3) is 4.79. The quantitative estimate of drug-likeness (QED) is 0.666. The van der Waals surface area contributed by atoms with Crippen molar-refractivity contribution in [3.8, 4) is 5.75 Å². The molecule has 2 aliphatic rings. The topological polar surface area (TPSA) is 49.9 Å². The number of hydrogen-bond acceptors (Lipinski definition) is 4. The van der Waals surface area contributed by atoms with Crippen LogP contribution in [0.5, 0.6) is 5.75 Å². The van der Waals surface area contributed by atoms with Gasteiger partial charge in [-0.2, -0.15) is 0 Å². The Morgan fingerprint density at radius 3 is 2.55 bits per heavy atom. The van der Waals surface area contributed by atoms with Crippen LogP contribution in [0.1, 0.15) is 55.9 Å². The van der Waals surface area contributed by atoms with E-state index in [-0.39, 0.29) is 23.3 Å². The highest BCUT2D eigenvalue weighted by molar-refractivity contribution is 7.10. The maximum Gasteiger partial charge on any atom is 0.227 e. The van der Waals surface area contributed by atoms with Crippen molar-refractivity contribution in [3.63, 3.8) is 0 Å². The van der Waals surface area contributed by atoms with Crippen LogP contribution in [-0.4, -0.2) is 53.4 Å². The second-order valence-corrected chi connectivity index (χ2v) is 9.66. The van der Waals surface area contributed by atoms with Crippen LogP contribution in [0.2, 0.25) is 0 Å². The average molecular weight is 441 g/mol. The Hall–Kier alpha value is -2.34. The molecule has 0 N–H and O–H groups in total. The number of piperidine rings is 1. The van der Waals surface area contributed by atoms with Gasteiger partial charge in [0.15, 0.2) is 0 Å². The number of benzene rings is 1. The Balaban J connectivity index is 1.46. The van der Waals surface area contributed by atoms with E-state index in [0.29, 0.717) is 25.9 Å². The van der Waals surface area contributed by atoms with Gasteiger partial charge in [0, 0.05) is 56.2 Å². The summed E-state index contributed by atoms with van der Waals surface area (Å²) < 4.78 is 6.56. The predicted octanol–water partition coefficient (Wildman–Crippen LogP) is 4.48. The van der Waals surface area contributed by atoms with Crippen LogP contribution < -0.4 is 4.74 Å². The molecule has 1 aromatic heterocycles. The summed E-state index contributed by atoms with van der Waals surface area (Å²) in [5, 5.41) is 2.01. The number of likely N-dealkylation sites (tertiary alicyclic amines) is 1. The molecule has 1 atom stereocenters. The van der Waals surface area contributed by atoms with Gasteiger partial charge in [-0.15, -0.1) is 11.3 Å². The molecule has 0 bridgehead atoms. The summed E-state index contributed by atoms with van der Waals surface area (Å²) in [4.78, 5) is 30.6. The first kappa shape index (κ1) is 21.9. The summed E-state index contributed by atoms with van der Waals surface area (Å²) in [5.74, 6) is 1.48. The molecule has 0 aliphatic carbocycles. The summed E-state index contributed by atoms with van der Waals surface area (Å²) >= 11 is 1.63. The minimum Gasteiger partial charge on any atom is -0.487 e. The van der Waals surface area contributed by atoms with E-state index in [9.17, 15) is 9.59 Å². The molecule has 31 heavy (non-hydrogen) atoms. The minimum absolute atomic E-state index is 0.159. The van der Waals surface area contributed by atoms with Gasteiger partial charge >= 0.3 is 0 Å². The zero-order valence-corrected chi connectivity index (χ0v) is 19.3. The van der Waals surface area contributed by atoms with E-state index in [1.54, 1.807) is 11.3 Å². The number of nitrogens with zero attached hydrogens (tertiary/aromatic N) is 2.